The van der Waals surface area contributed by atoms with E-state index in [0.717, 1.165) is 55.3 Å². The van der Waals surface area contributed by atoms with Crippen LogP contribution in [0.2, 0.25) is 0 Å². The van der Waals surface area contributed by atoms with Gasteiger partial charge in [-0.05, 0) is 24.2 Å². The van der Waals surface area contributed by atoms with Gasteiger partial charge in [0.05, 0.1) is 16.3 Å². The number of hydrogen-bond acceptors (Lipinski definition) is 4. The van der Waals surface area contributed by atoms with Crippen LogP contribution in [0.15, 0.2) is 29.6 Å². The Hall–Kier alpha value is -2.39. The van der Waals surface area contributed by atoms with Gasteiger partial charge in [0.1, 0.15) is 0 Å². The number of benzene rings is 1. The van der Waals surface area contributed by atoms with Crippen molar-refractivity contribution in [1.29, 1.82) is 0 Å². The molecule has 0 saturated carbocycles. The number of nitrogens with one attached hydrogen (secondary N) is 1. The zero-order valence-electron chi connectivity index (χ0n) is 15.5. The van der Waals surface area contributed by atoms with Crippen LogP contribution in [0.25, 0.3) is 22.5 Å². The summed E-state index contributed by atoms with van der Waals surface area (Å²) in [7, 11) is 2.20. The number of aromatic nitrogens is 2. The van der Waals surface area contributed by atoms with Gasteiger partial charge in [-0.3, -0.25) is 10.00 Å². The van der Waals surface area contributed by atoms with E-state index in [1.807, 2.05) is 0 Å². The second kappa shape index (κ2) is 6.65. The molecule has 27 heavy (non-hydrogen) atoms. The second-order valence-electron chi connectivity index (χ2n) is 7.52. The van der Waals surface area contributed by atoms with Crippen LogP contribution in [0.4, 0.5) is 0 Å². The Morgan fingerprint density at radius 2 is 2.07 bits per heavy atom. The third kappa shape index (κ3) is 3.00. The molecular formula is C22H22N4S. The van der Waals surface area contributed by atoms with Gasteiger partial charge in [0.2, 0.25) is 0 Å². The third-order valence-electron chi connectivity index (χ3n) is 5.69. The van der Waals surface area contributed by atoms with Crippen LogP contribution < -0.4 is 0 Å². The smallest absolute Gasteiger partial charge is 0.0971 e. The Labute approximate surface area is 163 Å². The van der Waals surface area contributed by atoms with Crippen LogP contribution in [-0.2, 0) is 13.0 Å². The first-order valence-electron chi connectivity index (χ1n) is 9.37. The molecule has 1 aliphatic carbocycles. The summed E-state index contributed by atoms with van der Waals surface area (Å²) in [4.78, 5) is 5.90. The predicted molar refractivity (Wildman–Crippen MR) is 111 cm³/mol. The molecule has 1 fully saturated rings. The standard InChI is InChI=1S/C22H22N4S/c1-3-18-11-17(14-27-18)21-20-12-16-10-15(4-5-19(16)22(20)24-23-21)13-26-8-6-25(2)7-9-26/h1,4-5,10-11,14H,6-9,12-13H2,2H3,(H,23,24). The summed E-state index contributed by atoms with van der Waals surface area (Å²) >= 11 is 1.60. The van der Waals surface area contributed by atoms with Crippen molar-refractivity contribution in [2.24, 2.45) is 0 Å². The van der Waals surface area contributed by atoms with Crippen molar-refractivity contribution < 1.29 is 0 Å². The number of rotatable bonds is 3. The van der Waals surface area contributed by atoms with Gasteiger partial charge in [0.15, 0.2) is 0 Å². The lowest BCUT2D eigenvalue weighted by Gasteiger charge is -2.32. The van der Waals surface area contributed by atoms with Crippen molar-refractivity contribution in [3.63, 3.8) is 0 Å². The van der Waals surface area contributed by atoms with E-state index >= 15 is 0 Å². The van der Waals surface area contributed by atoms with Crippen LogP contribution in [0, 0.1) is 12.3 Å². The molecule has 5 rings (SSSR count). The topological polar surface area (TPSA) is 35.2 Å². The molecule has 0 radical (unpaired) electrons. The molecule has 2 aromatic heterocycles. The molecule has 4 nitrogen and oxygen atoms in total. The maximum absolute atomic E-state index is 5.52. The third-order valence-corrected chi connectivity index (χ3v) is 6.55. The monoisotopic (exact) mass is 374 g/mol. The number of nitrogens with zero attached hydrogens (tertiary/aromatic N) is 3. The molecule has 0 atom stereocenters. The van der Waals surface area contributed by atoms with Crippen LogP contribution >= 0.6 is 11.3 Å². The van der Waals surface area contributed by atoms with Crippen molar-refractivity contribution in [2.75, 3.05) is 33.2 Å². The summed E-state index contributed by atoms with van der Waals surface area (Å²) in [6.45, 7) is 5.65. The van der Waals surface area contributed by atoms with Crippen molar-refractivity contribution in [3.8, 4) is 34.9 Å². The number of thiophene rings is 1. The normalized spacial score (nSPS) is 16.9. The fourth-order valence-electron chi connectivity index (χ4n) is 4.13. The lowest BCUT2D eigenvalue weighted by Crippen LogP contribution is -2.43. The SMILES string of the molecule is C#Cc1cc(-c2n[nH]c3c2Cc2cc(CN4CCN(C)CC4)ccc2-3)cs1. The second-order valence-corrected chi connectivity index (χ2v) is 8.43. The highest BCUT2D eigenvalue weighted by Crippen LogP contribution is 2.41. The Bertz CT molecular complexity index is 1030. The van der Waals surface area contributed by atoms with Gasteiger partial charge in [-0.15, -0.1) is 17.8 Å². The number of H-pyrrole nitrogens is 1. The van der Waals surface area contributed by atoms with E-state index in [1.165, 1.54) is 27.9 Å². The van der Waals surface area contributed by atoms with Crippen LogP contribution in [-0.4, -0.2) is 53.2 Å². The van der Waals surface area contributed by atoms with Crippen LogP contribution in [0.3, 0.4) is 0 Å². The number of piperazine rings is 1. The zero-order valence-corrected chi connectivity index (χ0v) is 16.3. The first-order valence-corrected chi connectivity index (χ1v) is 10.2. The minimum Gasteiger partial charge on any atom is -0.304 e. The summed E-state index contributed by atoms with van der Waals surface area (Å²) in [5.41, 5.74) is 8.72. The lowest BCUT2D eigenvalue weighted by molar-refractivity contribution is 0.148. The highest BCUT2D eigenvalue weighted by Gasteiger charge is 2.26. The largest absolute Gasteiger partial charge is 0.304 e. The van der Waals surface area contributed by atoms with Crippen molar-refractivity contribution in [3.05, 3.63) is 51.2 Å². The zero-order chi connectivity index (χ0) is 18.4. The molecule has 0 unspecified atom stereocenters. The maximum atomic E-state index is 5.52. The highest BCUT2D eigenvalue weighted by molar-refractivity contribution is 7.11. The molecule has 1 aliphatic heterocycles. The van der Waals surface area contributed by atoms with Crippen molar-refractivity contribution in [1.82, 2.24) is 20.0 Å². The average molecular weight is 375 g/mol. The molecule has 0 spiro atoms. The van der Waals surface area contributed by atoms with E-state index in [-0.39, 0.29) is 0 Å². The van der Waals surface area contributed by atoms with E-state index in [1.54, 1.807) is 11.3 Å². The fourth-order valence-corrected chi connectivity index (χ4v) is 4.82. The Kier molecular flexibility index (Phi) is 4.13. The van der Waals surface area contributed by atoms with Crippen molar-refractivity contribution in [2.45, 2.75) is 13.0 Å². The summed E-state index contributed by atoms with van der Waals surface area (Å²) < 4.78 is 0. The minimum atomic E-state index is 0.939. The van der Waals surface area contributed by atoms with Crippen LogP contribution in [0.1, 0.15) is 21.6 Å². The van der Waals surface area contributed by atoms with Gasteiger partial charge in [-0.1, -0.05) is 24.1 Å². The Morgan fingerprint density at radius 1 is 1.22 bits per heavy atom. The van der Waals surface area contributed by atoms with Gasteiger partial charge in [0.25, 0.3) is 0 Å². The summed E-state index contributed by atoms with van der Waals surface area (Å²) in [5.74, 6) is 2.72. The van der Waals surface area contributed by atoms with E-state index in [2.05, 4.69) is 62.6 Å². The molecule has 0 amide bonds. The fraction of sp³-hybridized carbons (Fsp3) is 0.318. The molecule has 3 aromatic rings. The van der Waals surface area contributed by atoms with E-state index in [9.17, 15) is 0 Å². The highest BCUT2D eigenvalue weighted by atomic mass is 32.1. The average Bonchev–Trinajstić information content (AvgIpc) is 3.37. The minimum absolute atomic E-state index is 0.939. The number of terminal acetylenes is 1. The number of likely N-dealkylation sites (N-methyl/N-ethyl adjacent to an activating group) is 1. The first-order chi connectivity index (χ1) is 13.2. The van der Waals surface area contributed by atoms with E-state index in [4.69, 9.17) is 6.42 Å². The molecule has 1 saturated heterocycles. The quantitative estimate of drug-likeness (QED) is 0.558. The maximum Gasteiger partial charge on any atom is 0.0971 e. The predicted octanol–water partition coefficient (Wildman–Crippen LogP) is 3.44. The molecule has 1 N–H and O–H groups in total. The molecule has 5 heteroatoms. The van der Waals surface area contributed by atoms with Gasteiger partial charge in [-0.25, -0.2) is 0 Å². The van der Waals surface area contributed by atoms with E-state index < -0.39 is 0 Å². The van der Waals surface area contributed by atoms with E-state index in [0.29, 0.717) is 0 Å². The molecule has 1 aromatic carbocycles. The summed E-state index contributed by atoms with van der Waals surface area (Å²) in [5, 5.41) is 9.94. The van der Waals surface area contributed by atoms with Gasteiger partial charge >= 0.3 is 0 Å². The van der Waals surface area contributed by atoms with Crippen molar-refractivity contribution >= 4 is 11.3 Å². The van der Waals surface area contributed by atoms with Gasteiger partial charge in [-0.2, -0.15) is 5.10 Å². The molecular weight excluding hydrogens is 352 g/mol. The van der Waals surface area contributed by atoms with Gasteiger partial charge in [0, 0.05) is 61.2 Å². The summed E-state index contributed by atoms with van der Waals surface area (Å²) in [6, 6.07) is 8.97. The number of fused-ring (bicyclic) bond motifs is 3. The first kappa shape index (κ1) is 16.8. The summed E-state index contributed by atoms with van der Waals surface area (Å²) in [6.07, 6.45) is 6.46. The number of aromatic amines is 1. The Balaban J connectivity index is 1.39. The van der Waals surface area contributed by atoms with Gasteiger partial charge < -0.3 is 4.90 Å². The molecule has 0 bridgehead atoms. The molecule has 136 valence electrons. The molecule has 2 aliphatic rings. The lowest BCUT2D eigenvalue weighted by atomic mass is 10.0. The molecule has 3 heterocycles. The van der Waals surface area contributed by atoms with Crippen LogP contribution in [0.5, 0.6) is 0 Å². The Morgan fingerprint density at radius 3 is 2.85 bits per heavy atom. The number of hydrogen-bond donors (Lipinski definition) is 1.